The number of rotatable bonds is 12. The Balaban J connectivity index is 1.28. The zero-order valence-corrected chi connectivity index (χ0v) is 29.0. The van der Waals surface area contributed by atoms with E-state index in [-0.39, 0.29) is 24.8 Å². The lowest BCUT2D eigenvalue weighted by molar-refractivity contribution is -0.132. The van der Waals surface area contributed by atoms with Gasteiger partial charge in [-0.3, -0.25) is 19.4 Å². The number of hydrogen-bond donors (Lipinski definition) is 4. The van der Waals surface area contributed by atoms with Crippen molar-refractivity contribution in [2.24, 2.45) is 5.92 Å². The third kappa shape index (κ3) is 9.39. The van der Waals surface area contributed by atoms with Crippen molar-refractivity contribution in [3.05, 3.63) is 82.4 Å². The zero-order chi connectivity index (χ0) is 33.7. The number of carbonyl (C=O) groups excluding carboxylic acids is 2. The van der Waals surface area contributed by atoms with Gasteiger partial charge in [-0.05, 0) is 50.3 Å². The Labute approximate surface area is 282 Å². The highest BCUT2D eigenvalue weighted by atomic mass is 32.1. The Kier molecular flexibility index (Phi) is 11.3. The van der Waals surface area contributed by atoms with Gasteiger partial charge in [0, 0.05) is 70.1 Å². The van der Waals surface area contributed by atoms with Gasteiger partial charge in [0.05, 0.1) is 23.9 Å². The fraction of sp³-hybridized carbons (Fsp3) is 0.528. The number of hydrogen-bond acceptors (Lipinski definition) is 9. The van der Waals surface area contributed by atoms with Crippen molar-refractivity contribution in [1.29, 1.82) is 0 Å². The van der Waals surface area contributed by atoms with Gasteiger partial charge in [0.15, 0.2) is 5.13 Å². The van der Waals surface area contributed by atoms with Crippen molar-refractivity contribution in [2.45, 2.75) is 76.4 Å². The highest BCUT2D eigenvalue weighted by Gasteiger charge is 2.37. The van der Waals surface area contributed by atoms with Crippen molar-refractivity contribution in [1.82, 2.24) is 25.4 Å². The molecule has 1 fully saturated rings. The molecule has 0 unspecified atom stereocenters. The maximum Gasteiger partial charge on any atom is 0.239 e. The van der Waals surface area contributed by atoms with Crippen LogP contribution < -0.4 is 15.5 Å². The molecule has 0 spiro atoms. The number of aromatic nitrogens is 1. The highest BCUT2D eigenvalue weighted by Crippen LogP contribution is 2.32. The Morgan fingerprint density at radius 2 is 1.81 bits per heavy atom. The molecule has 2 aromatic carbocycles. The van der Waals surface area contributed by atoms with Gasteiger partial charge in [-0.15, -0.1) is 11.3 Å². The molecular weight excluding hydrogens is 613 g/mol. The lowest BCUT2D eigenvalue weighted by Crippen LogP contribution is -2.62. The second kappa shape index (κ2) is 15.3. The molecule has 1 aliphatic carbocycles. The number of carbonyl (C=O) groups is 2. The van der Waals surface area contributed by atoms with Crippen LogP contribution in [0.15, 0.2) is 60.0 Å². The van der Waals surface area contributed by atoms with E-state index < -0.39 is 35.7 Å². The number of aliphatic hydroxyl groups is 2. The summed E-state index contributed by atoms with van der Waals surface area (Å²) in [6.45, 7) is 8.66. The SMILES string of the molecule is CN(C)c1nc(CN2CCN(C[C@@H](O)C[C@@H](Cc3ccccc3)C(=O)N[C@H]3c4ccccc4C[C@H]3O)[C@H](C(=O)NC(C)(C)C)C2)cs1. The molecule has 5 rings (SSSR count). The standard InChI is InChI=1S/C36H50N6O4S/c1-36(2,3)39-34(46)30-22-41(20-27-23-47-35(37-27)40(4)5)15-16-42(30)21-28(43)18-26(17-24-11-7-6-8-12-24)33(45)38-32-29-14-10-9-13-25(29)19-31(32)44/h6-14,23,26,28,30-32,43-44H,15-22H2,1-5H3,(H,38,45)(H,39,46)/t26-,28+,30+,31-,32+/m1/s1. The molecule has 47 heavy (non-hydrogen) atoms. The molecule has 1 aliphatic heterocycles. The molecule has 1 aromatic heterocycles. The number of benzene rings is 2. The molecule has 2 amide bonds. The molecule has 3 aromatic rings. The van der Waals surface area contributed by atoms with Gasteiger partial charge < -0.3 is 25.7 Å². The predicted molar refractivity (Wildman–Crippen MR) is 186 cm³/mol. The fourth-order valence-electron chi connectivity index (χ4n) is 6.62. The van der Waals surface area contributed by atoms with Gasteiger partial charge in [-0.1, -0.05) is 54.6 Å². The number of nitrogens with zero attached hydrogens (tertiary/aromatic N) is 4. The Morgan fingerprint density at radius 3 is 2.51 bits per heavy atom. The minimum absolute atomic E-state index is 0.0749. The Hall–Kier alpha value is -3.35. The van der Waals surface area contributed by atoms with Crippen LogP contribution in [-0.4, -0.2) is 101 Å². The average Bonchev–Trinajstić information content (AvgIpc) is 3.61. The summed E-state index contributed by atoms with van der Waals surface area (Å²) in [6, 6.07) is 16.7. The quantitative estimate of drug-likeness (QED) is 0.234. The van der Waals surface area contributed by atoms with E-state index in [1.165, 1.54) is 0 Å². The van der Waals surface area contributed by atoms with Crippen molar-refractivity contribution in [3.63, 3.8) is 0 Å². The minimum atomic E-state index is -0.840. The number of β-amino-alcohol motifs (C(OH)–C–C–N with tert-alkyl or cyclic N) is 1. The lowest BCUT2D eigenvalue weighted by atomic mass is 9.91. The predicted octanol–water partition coefficient (Wildman–Crippen LogP) is 2.99. The number of piperazine rings is 1. The topological polar surface area (TPSA) is 121 Å². The van der Waals surface area contributed by atoms with Gasteiger partial charge >= 0.3 is 0 Å². The molecule has 4 N–H and O–H groups in total. The van der Waals surface area contributed by atoms with Crippen molar-refractivity contribution < 1.29 is 19.8 Å². The molecule has 2 aliphatic rings. The number of fused-ring (bicyclic) bond motifs is 1. The molecule has 1 saturated heterocycles. The van der Waals surface area contributed by atoms with Crippen LogP contribution in [0.3, 0.4) is 0 Å². The molecule has 10 nitrogen and oxygen atoms in total. The van der Waals surface area contributed by atoms with E-state index in [2.05, 4.69) is 25.8 Å². The van der Waals surface area contributed by atoms with E-state index >= 15 is 0 Å². The summed E-state index contributed by atoms with van der Waals surface area (Å²) in [4.78, 5) is 38.5. The van der Waals surface area contributed by atoms with Gasteiger partial charge in [-0.25, -0.2) is 4.98 Å². The lowest BCUT2D eigenvalue weighted by Gasteiger charge is -2.42. The molecule has 0 radical (unpaired) electrons. The average molecular weight is 663 g/mol. The zero-order valence-electron chi connectivity index (χ0n) is 28.2. The number of amides is 2. The van der Waals surface area contributed by atoms with E-state index in [9.17, 15) is 19.8 Å². The first-order valence-corrected chi connectivity index (χ1v) is 17.4. The molecule has 5 atom stereocenters. The number of aliphatic hydroxyl groups excluding tert-OH is 2. The Bertz CT molecular complexity index is 1490. The first-order chi connectivity index (χ1) is 22.4. The van der Waals surface area contributed by atoms with E-state index in [4.69, 9.17) is 4.98 Å². The van der Waals surface area contributed by atoms with Crippen LogP contribution in [0.1, 0.15) is 55.6 Å². The third-order valence-electron chi connectivity index (χ3n) is 8.88. The first kappa shape index (κ1) is 35.0. The van der Waals surface area contributed by atoms with Crippen LogP contribution in [0.4, 0.5) is 5.13 Å². The highest BCUT2D eigenvalue weighted by molar-refractivity contribution is 7.13. The normalized spacial score (nSPS) is 21.6. The van der Waals surface area contributed by atoms with Gasteiger partial charge in [0.2, 0.25) is 11.8 Å². The fourth-order valence-corrected chi connectivity index (χ4v) is 7.37. The van der Waals surface area contributed by atoms with Crippen LogP contribution in [0.2, 0.25) is 0 Å². The summed E-state index contributed by atoms with van der Waals surface area (Å²) in [6.07, 6.45) is -0.358. The van der Waals surface area contributed by atoms with Gasteiger partial charge in [-0.2, -0.15) is 0 Å². The molecule has 11 heteroatoms. The third-order valence-corrected chi connectivity index (χ3v) is 9.94. The summed E-state index contributed by atoms with van der Waals surface area (Å²) < 4.78 is 0. The summed E-state index contributed by atoms with van der Waals surface area (Å²) in [7, 11) is 3.95. The molecule has 2 heterocycles. The summed E-state index contributed by atoms with van der Waals surface area (Å²) in [5.74, 6) is -0.791. The van der Waals surface area contributed by atoms with E-state index in [1.54, 1.807) is 11.3 Å². The van der Waals surface area contributed by atoms with E-state index in [0.29, 0.717) is 32.5 Å². The number of anilines is 1. The second-order valence-electron chi connectivity index (χ2n) is 14.2. The van der Waals surface area contributed by atoms with Crippen LogP contribution in [0.5, 0.6) is 0 Å². The molecule has 254 valence electrons. The minimum Gasteiger partial charge on any atom is -0.392 e. The van der Waals surface area contributed by atoms with Crippen LogP contribution in [-0.2, 0) is 29.0 Å². The summed E-state index contributed by atoms with van der Waals surface area (Å²) in [5, 5.41) is 31.6. The van der Waals surface area contributed by atoms with Crippen molar-refractivity contribution in [2.75, 3.05) is 45.2 Å². The van der Waals surface area contributed by atoms with Crippen molar-refractivity contribution >= 4 is 28.3 Å². The van der Waals surface area contributed by atoms with E-state index in [0.717, 1.165) is 34.1 Å². The smallest absolute Gasteiger partial charge is 0.239 e. The van der Waals surface area contributed by atoms with E-state index in [1.807, 2.05) is 94.4 Å². The van der Waals surface area contributed by atoms with Crippen LogP contribution in [0.25, 0.3) is 0 Å². The van der Waals surface area contributed by atoms with Crippen molar-refractivity contribution in [3.8, 4) is 0 Å². The van der Waals surface area contributed by atoms with Gasteiger partial charge in [0.1, 0.15) is 6.04 Å². The van der Waals surface area contributed by atoms with Crippen LogP contribution >= 0.6 is 11.3 Å². The first-order valence-electron chi connectivity index (χ1n) is 16.5. The summed E-state index contributed by atoms with van der Waals surface area (Å²) in [5.41, 5.74) is 3.56. The Morgan fingerprint density at radius 1 is 1.09 bits per heavy atom. The monoisotopic (exact) mass is 662 g/mol. The molecule has 0 bridgehead atoms. The second-order valence-corrected chi connectivity index (χ2v) is 15.1. The molecule has 0 saturated carbocycles. The summed E-state index contributed by atoms with van der Waals surface area (Å²) >= 11 is 1.60. The number of nitrogens with one attached hydrogen (secondary N) is 2. The largest absolute Gasteiger partial charge is 0.392 e. The van der Waals surface area contributed by atoms with Gasteiger partial charge in [0.25, 0.3) is 0 Å². The van der Waals surface area contributed by atoms with Crippen LogP contribution in [0, 0.1) is 5.92 Å². The molecular formula is C36H50N6O4S. The number of thiazole rings is 1. The maximum atomic E-state index is 13.9. The maximum absolute atomic E-state index is 13.9.